The van der Waals surface area contributed by atoms with E-state index in [0.717, 1.165) is 6.07 Å². The molecule has 0 spiro atoms. The van der Waals surface area contributed by atoms with Crippen LogP contribution in [-0.2, 0) is 0 Å². The Hall–Kier alpha value is -5.06. The van der Waals surface area contributed by atoms with Crippen LogP contribution in [0.4, 0.5) is 26.2 Å². The van der Waals surface area contributed by atoms with E-state index in [-0.39, 0.29) is 5.56 Å². The van der Waals surface area contributed by atoms with Gasteiger partial charge in [-0.1, -0.05) is 18.2 Å². The Morgan fingerprint density at radius 3 is 2.14 bits per heavy atom. The number of nitrogens with one attached hydrogen (secondary N) is 3. The van der Waals surface area contributed by atoms with Crippen molar-refractivity contribution in [1.29, 1.82) is 0 Å². The molecule has 0 atom stereocenters. The molecule has 1 aromatic heterocycles. The number of carbonyl (C=O) groups excluding carboxylic acids is 2. The number of hydrogen-bond acceptors (Lipinski definition) is 6. The zero-order chi connectivity index (χ0) is 26.4. The third-order valence-corrected chi connectivity index (χ3v) is 5.25. The molecule has 0 radical (unpaired) electrons. The molecule has 4 aromatic rings. The van der Waals surface area contributed by atoms with Crippen LogP contribution in [0.1, 0.15) is 10.4 Å². The molecule has 11 heteroatoms. The highest BCUT2D eigenvalue weighted by Gasteiger charge is 2.18. The van der Waals surface area contributed by atoms with Crippen LogP contribution in [-0.4, -0.2) is 43.0 Å². The zero-order valence-electron chi connectivity index (χ0n) is 20.2. The van der Waals surface area contributed by atoms with Gasteiger partial charge in [0.25, 0.3) is 5.91 Å². The number of rotatable bonds is 8. The topological polar surface area (TPSA) is 116 Å². The summed E-state index contributed by atoms with van der Waals surface area (Å²) in [6.07, 6.45) is 2.97. The smallest absolute Gasteiger partial charge is 0.323 e. The molecule has 4 rings (SSSR count). The lowest BCUT2D eigenvalue weighted by Gasteiger charge is -2.15. The Kier molecular flexibility index (Phi) is 7.53. The Bertz CT molecular complexity index is 1400. The molecular formula is C26H24FN5O5. The number of benzene rings is 3. The molecule has 0 fully saturated rings. The van der Waals surface area contributed by atoms with E-state index < -0.39 is 17.8 Å². The molecule has 3 amide bonds. The van der Waals surface area contributed by atoms with E-state index in [1.54, 1.807) is 30.5 Å². The SMILES string of the molecule is COc1cc(NC(=O)c2cc(-n3cc(NC(=O)Nc4ccccc4)cn3)ccc2F)cc(OC)c1OC. The van der Waals surface area contributed by atoms with Crippen molar-refractivity contribution in [1.82, 2.24) is 9.78 Å². The minimum absolute atomic E-state index is 0.210. The first kappa shape index (κ1) is 25.0. The van der Waals surface area contributed by atoms with Gasteiger partial charge in [0.1, 0.15) is 5.82 Å². The van der Waals surface area contributed by atoms with Crippen LogP contribution in [0.25, 0.3) is 5.69 Å². The highest BCUT2D eigenvalue weighted by molar-refractivity contribution is 6.05. The summed E-state index contributed by atoms with van der Waals surface area (Å²) in [4.78, 5) is 25.2. The lowest BCUT2D eigenvalue weighted by molar-refractivity contribution is 0.102. The number of anilines is 3. The van der Waals surface area contributed by atoms with Gasteiger partial charge < -0.3 is 30.2 Å². The van der Waals surface area contributed by atoms with Crippen molar-refractivity contribution < 1.29 is 28.2 Å². The Balaban J connectivity index is 1.51. The Labute approximate surface area is 212 Å². The fourth-order valence-electron chi connectivity index (χ4n) is 3.52. The largest absolute Gasteiger partial charge is 0.493 e. The second-order valence-corrected chi connectivity index (χ2v) is 7.65. The molecule has 0 unspecified atom stereocenters. The minimum Gasteiger partial charge on any atom is -0.493 e. The Morgan fingerprint density at radius 1 is 0.811 bits per heavy atom. The van der Waals surface area contributed by atoms with Gasteiger partial charge in [0.2, 0.25) is 5.75 Å². The number of amides is 3. The van der Waals surface area contributed by atoms with Crippen LogP contribution in [0.3, 0.4) is 0 Å². The van der Waals surface area contributed by atoms with Crippen LogP contribution < -0.4 is 30.2 Å². The van der Waals surface area contributed by atoms with E-state index in [2.05, 4.69) is 21.0 Å². The predicted molar refractivity (Wildman–Crippen MR) is 137 cm³/mol. The molecule has 1 heterocycles. The third-order valence-electron chi connectivity index (χ3n) is 5.25. The normalized spacial score (nSPS) is 10.4. The summed E-state index contributed by atoms with van der Waals surface area (Å²) >= 11 is 0. The number of para-hydroxylation sites is 1. The third kappa shape index (κ3) is 5.78. The van der Waals surface area contributed by atoms with Gasteiger partial charge in [-0.25, -0.2) is 13.9 Å². The molecular weight excluding hydrogens is 481 g/mol. The fraction of sp³-hybridized carbons (Fsp3) is 0.115. The first-order valence-corrected chi connectivity index (χ1v) is 11.0. The molecule has 0 aliphatic heterocycles. The van der Waals surface area contributed by atoms with Gasteiger partial charge in [-0.15, -0.1) is 0 Å². The number of nitrogens with zero attached hydrogens (tertiary/aromatic N) is 2. The minimum atomic E-state index is -0.721. The van der Waals surface area contributed by atoms with Crippen LogP contribution in [0.15, 0.2) is 73.1 Å². The lowest BCUT2D eigenvalue weighted by atomic mass is 10.1. The predicted octanol–water partition coefficient (Wildman–Crippen LogP) is 4.93. The van der Waals surface area contributed by atoms with E-state index in [4.69, 9.17) is 14.2 Å². The quantitative estimate of drug-likeness (QED) is 0.313. The number of aromatic nitrogens is 2. The molecule has 0 aliphatic carbocycles. The number of urea groups is 1. The van der Waals surface area contributed by atoms with Crippen molar-refractivity contribution in [2.45, 2.75) is 0 Å². The lowest BCUT2D eigenvalue weighted by Crippen LogP contribution is -2.19. The summed E-state index contributed by atoms with van der Waals surface area (Å²) in [6.45, 7) is 0. The van der Waals surface area contributed by atoms with Crippen molar-refractivity contribution >= 4 is 29.0 Å². The molecule has 0 saturated carbocycles. The van der Waals surface area contributed by atoms with Crippen molar-refractivity contribution in [3.8, 4) is 22.9 Å². The van der Waals surface area contributed by atoms with Crippen LogP contribution >= 0.6 is 0 Å². The van der Waals surface area contributed by atoms with Gasteiger partial charge in [0.05, 0.1) is 50.7 Å². The first-order chi connectivity index (χ1) is 17.9. The zero-order valence-corrected chi connectivity index (χ0v) is 20.2. The highest BCUT2D eigenvalue weighted by Crippen LogP contribution is 2.40. The maximum atomic E-state index is 14.6. The number of halogens is 1. The average Bonchev–Trinajstić information content (AvgIpc) is 3.36. The second-order valence-electron chi connectivity index (χ2n) is 7.65. The fourth-order valence-corrected chi connectivity index (χ4v) is 3.52. The average molecular weight is 506 g/mol. The molecule has 10 nitrogen and oxygen atoms in total. The monoisotopic (exact) mass is 505 g/mol. The summed E-state index contributed by atoms with van der Waals surface area (Å²) < 4.78 is 31.9. The van der Waals surface area contributed by atoms with Crippen LogP contribution in [0.5, 0.6) is 17.2 Å². The molecule has 0 saturated heterocycles. The summed E-state index contributed by atoms with van der Waals surface area (Å²) in [6, 6.07) is 15.6. The van der Waals surface area contributed by atoms with Gasteiger partial charge in [-0.3, -0.25) is 4.79 Å². The van der Waals surface area contributed by atoms with Gasteiger partial charge in [-0.2, -0.15) is 5.10 Å². The van der Waals surface area contributed by atoms with Gasteiger partial charge in [0, 0.05) is 23.5 Å². The maximum absolute atomic E-state index is 14.6. The number of hydrogen-bond donors (Lipinski definition) is 3. The van der Waals surface area contributed by atoms with E-state index in [1.807, 2.05) is 6.07 Å². The van der Waals surface area contributed by atoms with Gasteiger partial charge in [-0.05, 0) is 30.3 Å². The molecule has 3 N–H and O–H groups in total. The van der Waals surface area contributed by atoms with Gasteiger partial charge >= 0.3 is 6.03 Å². The van der Waals surface area contributed by atoms with E-state index in [1.165, 1.54) is 56.5 Å². The number of methoxy groups -OCH3 is 3. The standard InChI is InChI=1S/C26H24FN5O5/c1-35-22-11-17(12-23(36-2)24(22)37-3)29-25(33)20-13-19(9-10-21(20)27)32-15-18(14-28-32)31-26(34)30-16-7-5-4-6-8-16/h4-15H,1-3H3,(H,29,33)(H2,30,31,34). The summed E-state index contributed by atoms with van der Waals surface area (Å²) in [5, 5.41) is 12.2. The van der Waals surface area contributed by atoms with Gasteiger partial charge in [0.15, 0.2) is 11.5 Å². The summed E-state index contributed by atoms with van der Waals surface area (Å²) in [5.74, 6) is -0.391. The van der Waals surface area contributed by atoms with Crippen LogP contribution in [0.2, 0.25) is 0 Å². The van der Waals surface area contributed by atoms with Crippen molar-refractivity contribution in [2.75, 3.05) is 37.3 Å². The molecule has 0 aliphatic rings. The van der Waals surface area contributed by atoms with Crippen molar-refractivity contribution in [3.05, 3.63) is 84.4 Å². The summed E-state index contributed by atoms with van der Waals surface area (Å²) in [7, 11) is 4.36. The second kappa shape index (κ2) is 11.1. The van der Waals surface area contributed by atoms with E-state index >= 15 is 0 Å². The number of ether oxygens (including phenoxy) is 3. The molecule has 190 valence electrons. The van der Waals surface area contributed by atoms with Crippen LogP contribution in [0, 0.1) is 5.82 Å². The Morgan fingerprint density at radius 2 is 1.49 bits per heavy atom. The maximum Gasteiger partial charge on any atom is 0.323 e. The first-order valence-electron chi connectivity index (χ1n) is 11.0. The molecule has 37 heavy (non-hydrogen) atoms. The molecule has 0 bridgehead atoms. The number of carbonyl (C=O) groups is 2. The summed E-state index contributed by atoms with van der Waals surface area (Å²) in [5.41, 5.74) is 1.56. The van der Waals surface area contributed by atoms with E-state index in [0.29, 0.717) is 40.0 Å². The molecule has 3 aromatic carbocycles. The van der Waals surface area contributed by atoms with Crippen molar-refractivity contribution in [3.63, 3.8) is 0 Å². The van der Waals surface area contributed by atoms with Crippen molar-refractivity contribution in [2.24, 2.45) is 0 Å². The van der Waals surface area contributed by atoms with E-state index in [9.17, 15) is 14.0 Å². The highest BCUT2D eigenvalue weighted by atomic mass is 19.1.